The number of carbonyl (C=O) groups excluding carboxylic acids is 2. The van der Waals surface area contributed by atoms with Crippen molar-refractivity contribution < 1.29 is 27.7 Å². The van der Waals surface area contributed by atoms with Gasteiger partial charge in [-0.1, -0.05) is 6.92 Å². The number of nitro groups is 1. The lowest BCUT2D eigenvalue weighted by atomic mass is 9.98. The number of amides is 1. The fourth-order valence-electron chi connectivity index (χ4n) is 4.27. The van der Waals surface area contributed by atoms with Crippen LogP contribution in [0, 0.1) is 16.0 Å². The second-order valence-corrected chi connectivity index (χ2v) is 10.7. The van der Waals surface area contributed by atoms with Crippen LogP contribution >= 0.6 is 0 Å². The third-order valence-electron chi connectivity index (χ3n) is 6.17. The van der Waals surface area contributed by atoms with Gasteiger partial charge in [0, 0.05) is 31.7 Å². The molecule has 0 aromatic heterocycles. The van der Waals surface area contributed by atoms with Crippen molar-refractivity contribution in [1.82, 2.24) is 4.90 Å². The van der Waals surface area contributed by atoms with Gasteiger partial charge in [0.05, 0.1) is 22.0 Å². The number of anilines is 1. The summed E-state index contributed by atoms with van der Waals surface area (Å²) in [4.78, 5) is 39.4. The molecule has 0 saturated carbocycles. The first-order chi connectivity index (χ1) is 15.1. The average Bonchev–Trinajstić information content (AvgIpc) is 3.11. The maximum absolute atomic E-state index is 12.5. The molecule has 0 radical (unpaired) electrons. The Morgan fingerprint density at radius 3 is 2.50 bits per heavy atom. The van der Waals surface area contributed by atoms with Crippen LogP contribution in [0.5, 0.6) is 0 Å². The van der Waals surface area contributed by atoms with E-state index in [2.05, 4.69) is 6.92 Å². The third-order valence-corrected chi connectivity index (χ3v) is 7.92. The molecular formula is C21H29N3O7S. The van der Waals surface area contributed by atoms with Crippen molar-refractivity contribution >= 4 is 33.1 Å². The number of hydrogen-bond acceptors (Lipinski definition) is 8. The number of ether oxygens (including phenoxy) is 1. The van der Waals surface area contributed by atoms with E-state index in [0.29, 0.717) is 37.7 Å². The number of esters is 1. The Labute approximate surface area is 187 Å². The van der Waals surface area contributed by atoms with Crippen LogP contribution in [0.15, 0.2) is 18.2 Å². The molecular weight excluding hydrogens is 438 g/mol. The first kappa shape index (κ1) is 24.0. The predicted octanol–water partition coefficient (Wildman–Crippen LogP) is 2.02. The van der Waals surface area contributed by atoms with Gasteiger partial charge >= 0.3 is 5.97 Å². The van der Waals surface area contributed by atoms with Gasteiger partial charge in [-0.15, -0.1) is 0 Å². The van der Waals surface area contributed by atoms with Gasteiger partial charge < -0.3 is 14.5 Å². The van der Waals surface area contributed by atoms with Gasteiger partial charge in [0.15, 0.2) is 16.4 Å². The highest BCUT2D eigenvalue weighted by Crippen LogP contribution is 2.32. The molecule has 2 fully saturated rings. The van der Waals surface area contributed by atoms with E-state index in [1.54, 1.807) is 13.0 Å². The minimum absolute atomic E-state index is 0.00915. The summed E-state index contributed by atoms with van der Waals surface area (Å²) in [6.45, 7) is 5.05. The van der Waals surface area contributed by atoms with Crippen molar-refractivity contribution in [3.63, 3.8) is 0 Å². The number of hydrogen-bond donors (Lipinski definition) is 0. The minimum atomic E-state index is -3.16. The summed E-state index contributed by atoms with van der Waals surface area (Å²) in [5.74, 6) is -0.813. The molecule has 1 aromatic rings. The SMILES string of the molecule is CCN(C(=O)COC(=O)c1ccc(N2CCC(C)CC2)c([N+](=O)[O-])c1)[C@H]1CCS(=O)(=O)C1. The van der Waals surface area contributed by atoms with E-state index in [1.807, 2.05) is 4.90 Å². The van der Waals surface area contributed by atoms with Crippen molar-refractivity contribution in [2.24, 2.45) is 5.92 Å². The number of sulfone groups is 1. The van der Waals surface area contributed by atoms with Crippen LogP contribution in [0.2, 0.25) is 0 Å². The molecule has 0 bridgehead atoms. The van der Waals surface area contributed by atoms with Gasteiger partial charge in [-0.3, -0.25) is 14.9 Å². The Balaban J connectivity index is 1.66. The second kappa shape index (κ2) is 9.85. The molecule has 1 amide bonds. The predicted molar refractivity (Wildman–Crippen MR) is 118 cm³/mol. The maximum Gasteiger partial charge on any atom is 0.338 e. The molecule has 0 N–H and O–H groups in total. The zero-order chi connectivity index (χ0) is 23.5. The number of nitro benzene ring substituents is 1. The summed E-state index contributed by atoms with van der Waals surface area (Å²) < 4.78 is 28.5. The fourth-order valence-corrected chi connectivity index (χ4v) is 6.00. The number of benzene rings is 1. The van der Waals surface area contributed by atoms with Gasteiger partial charge in [0.2, 0.25) is 0 Å². The van der Waals surface area contributed by atoms with Gasteiger partial charge in [0.25, 0.3) is 11.6 Å². The van der Waals surface area contributed by atoms with E-state index in [4.69, 9.17) is 4.74 Å². The lowest BCUT2D eigenvalue weighted by Crippen LogP contribution is -2.43. The zero-order valence-corrected chi connectivity index (χ0v) is 19.2. The third kappa shape index (κ3) is 5.56. The van der Waals surface area contributed by atoms with Gasteiger partial charge in [-0.05, 0) is 44.2 Å². The molecule has 11 heteroatoms. The van der Waals surface area contributed by atoms with Crippen molar-refractivity contribution in [1.29, 1.82) is 0 Å². The number of likely N-dealkylation sites (N-methyl/N-ethyl adjacent to an activating group) is 1. The smallest absolute Gasteiger partial charge is 0.338 e. The van der Waals surface area contributed by atoms with E-state index in [9.17, 15) is 28.1 Å². The molecule has 10 nitrogen and oxygen atoms in total. The summed E-state index contributed by atoms with van der Waals surface area (Å²) in [5, 5.41) is 11.6. The highest BCUT2D eigenvalue weighted by molar-refractivity contribution is 7.91. The van der Waals surface area contributed by atoms with E-state index in [1.165, 1.54) is 17.0 Å². The molecule has 1 aromatic carbocycles. The second-order valence-electron chi connectivity index (χ2n) is 8.44. The number of piperidine rings is 1. The standard InChI is InChI=1S/C21H29N3O7S/c1-3-23(17-8-11-32(29,30)14-17)20(25)13-31-21(26)16-4-5-18(19(12-16)24(27)28)22-9-6-15(2)7-10-22/h4-5,12,15,17H,3,6-11,13-14H2,1-2H3/t17-/m0/s1. The monoisotopic (exact) mass is 467 g/mol. The number of nitrogens with zero attached hydrogens (tertiary/aromatic N) is 3. The number of rotatable bonds is 7. The lowest BCUT2D eigenvalue weighted by Gasteiger charge is -2.31. The zero-order valence-electron chi connectivity index (χ0n) is 18.4. The fraction of sp³-hybridized carbons (Fsp3) is 0.619. The first-order valence-corrected chi connectivity index (χ1v) is 12.6. The Hall–Kier alpha value is -2.69. The van der Waals surface area contributed by atoms with E-state index in [-0.39, 0.29) is 22.8 Å². The van der Waals surface area contributed by atoms with Crippen molar-refractivity contribution in [2.75, 3.05) is 42.6 Å². The van der Waals surface area contributed by atoms with E-state index < -0.39 is 39.3 Å². The van der Waals surface area contributed by atoms with Gasteiger partial charge in [0.1, 0.15) is 5.69 Å². The van der Waals surface area contributed by atoms with Crippen LogP contribution in [0.4, 0.5) is 11.4 Å². The summed E-state index contributed by atoms with van der Waals surface area (Å²) >= 11 is 0. The van der Waals surface area contributed by atoms with Crippen LogP contribution < -0.4 is 4.90 Å². The molecule has 1 atom stereocenters. The van der Waals surface area contributed by atoms with Crippen molar-refractivity contribution in [2.45, 2.75) is 39.2 Å². The van der Waals surface area contributed by atoms with Gasteiger partial charge in [-0.2, -0.15) is 0 Å². The van der Waals surface area contributed by atoms with Gasteiger partial charge in [-0.25, -0.2) is 13.2 Å². The molecule has 2 aliphatic heterocycles. The summed E-state index contributed by atoms with van der Waals surface area (Å²) in [7, 11) is -3.16. The highest BCUT2D eigenvalue weighted by atomic mass is 32.2. The van der Waals surface area contributed by atoms with Crippen LogP contribution in [0.1, 0.15) is 43.5 Å². The Kier molecular flexibility index (Phi) is 7.37. The minimum Gasteiger partial charge on any atom is -0.452 e. The first-order valence-electron chi connectivity index (χ1n) is 10.8. The molecule has 0 spiro atoms. The normalized spacial score (nSPS) is 20.7. The Morgan fingerprint density at radius 1 is 1.25 bits per heavy atom. The van der Waals surface area contributed by atoms with Crippen LogP contribution in [-0.2, 0) is 19.4 Å². The Morgan fingerprint density at radius 2 is 1.94 bits per heavy atom. The number of carbonyl (C=O) groups is 2. The molecule has 2 aliphatic rings. The largest absolute Gasteiger partial charge is 0.452 e. The van der Waals surface area contributed by atoms with Crippen LogP contribution in [0.3, 0.4) is 0 Å². The summed E-state index contributed by atoms with van der Waals surface area (Å²) in [6, 6.07) is 3.77. The quantitative estimate of drug-likeness (QED) is 0.339. The summed E-state index contributed by atoms with van der Waals surface area (Å²) in [6.07, 6.45) is 2.25. The lowest BCUT2D eigenvalue weighted by molar-refractivity contribution is -0.384. The topological polar surface area (TPSA) is 127 Å². The molecule has 176 valence electrons. The Bertz CT molecular complexity index is 987. The highest BCUT2D eigenvalue weighted by Gasteiger charge is 2.34. The molecule has 3 rings (SSSR count). The summed E-state index contributed by atoms with van der Waals surface area (Å²) in [5.41, 5.74) is 0.283. The molecule has 2 saturated heterocycles. The van der Waals surface area contributed by atoms with Crippen LogP contribution in [0.25, 0.3) is 0 Å². The van der Waals surface area contributed by atoms with Crippen molar-refractivity contribution in [3.8, 4) is 0 Å². The molecule has 0 unspecified atom stereocenters. The van der Waals surface area contributed by atoms with E-state index in [0.717, 1.165) is 12.8 Å². The van der Waals surface area contributed by atoms with E-state index >= 15 is 0 Å². The maximum atomic E-state index is 12.5. The molecule has 0 aliphatic carbocycles. The van der Waals surface area contributed by atoms with Crippen molar-refractivity contribution in [3.05, 3.63) is 33.9 Å². The average molecular weight is 468 g/mol. The van der Waals surface area contributed by atoms with Crippen LogP contribution in [-0.4, -0.2) is 73.9 Å². The molecule has 32 heavy (non-hydrogen) atoms. The molecule has 2 heterocycles.